The Morgan fingerprint density at radius 3 is 2.00 bits per heavy atom. The van der Waals surface area contributed by atoms with Crippen molar-refractivity contribution in [3.05, 3.63) is 0 Å². The molecule has 94 valence electrons. The van der Waals surface area contributed by atoms with E-state index in [1.807, 2.05) is 0 Å². The van der Waals surface area contributed by atoms with Crippen LogP contribution < -0.4 is 0 Å². The maximum Gasteiger partial charge on any atom is 0.194 e. The molecule has 0 saturated heterocycles. The first-order valence-electron chi connectivity index (χ1n) is 6.26. The molecule has 16 heavy (non-hydrogen) atoms. The van der Waals surface area contributed by atoms with Gasteiger partial charge in [0.1, 0.15) is 5.60 Å². The highest BCUT2D eigenvalue weighted by molar-refractivity contribution is 6.74. The van der Waals surface area contributed by atoms with Gasteiger partial charge < -0.3 is 4.43 Å². The van der Waals surface area contributed by atoms with Crippen LogP contribution in [0.25, 0.3) is 0 Å². The van der Waals surface area contributed by atoms with Crippen LogP contribution in [-0.2, 0) is 4.43 Å². The average Bonchev–Trinajstić information content (AvgIpc) is 2.12. The van der Waals surface area contributed by atoms with Crippen LogP contribution in [0.5, 0.6) is 0 Å². The van der Waals surface area contributed by atoms with Crippen molar-refractivity contribution in [2.75, 3.05) is 0 Å². The largest absolute Gasteiger partial charge is 0.401 e. The van der Waals surface area contributed by atoms with Crippen LogP contribution in [0.2, 0.25) is 18.1 Å². The molecule has 0 spiro atoms. The van der Waals surface area contributed by atoms with Crippen molar-refractivity contribution < 1.29 is 4.43 Å². The first-order chi connectivity index (χ1) is 7.08. The number of rotatable bonds is 5. The van der Waals surface area contributed by atoms with E-state index in [0.717, 1.165) is 19.3 Å². The summed E-state index contributed by atoms with van der Waals surface area (Å²) in [5.74, 6) is 2.85. The molecular formula is C14H28OSi. The first kappa shape index (κ1) is 15.7. The third-order valence-electron chi connectivity index (χ3n) is 3.60. The Bertz CT molecular complexity index is 257. The first-order valence-corrected chi connectivity index (χ1v) is 9.17. The van der Waals surface area contributed by atoms with Crippen LogP contribution in [0.3, 0.4) is 0 Å². The fourth-order valence-electron chi connectivity index (χ4n) is 1.38. The summed E-state index contributed by atoms with van der Waals surface area (Å²) in [6.45, 7) is 15.5. The molecule has 0 amide bonds. The third-order valence-corrected chi connectivity index (χ3v) is 8.17. The second-order valence-corrected chi connectivity index (χ2v) is 11.1. The van der Waals surface area contributed by atoms with Gasteiger partial charge in [0.2, 0.25) is 0 Å². The SMILES string of the molecule is C#C[C@@](C)(CCCC)O[Si](C)(C)C(C)(C)C. The summed E-state index contributed by atoms with van der Waals surface area (Å²) < 4.78 is 6.34. The topological polar surface area (TPSA) is 9.23 Å². The monoisotopic (exact) mass is 240 g/mol. The molecule has 1 nitrogen and oxygen atoms in total. The Balaban J connectivity index is 4.73. The van der Waals surface area contributed by atoms with E-state index in [0.29, 0.717) is 0 Å². The highest BCUT2D eigenvalue weighted by atomic mass is 28.4. The zero-order valence-electron chi connectivity index (χ0n) is 12.1. The fourth-order valence-corrected chi connectivity index (χ4v) is 2.98. The van der Waals surface area contributed by atoms with Crippen molar-refractivity contribution >= 4 is 8.32 Å². The highest BCUT2D eigenvalue weighted by Gasteiger charge is 2.42. The molecule has 0 unspecified atom stereocenters. The maximum atomic E-state index is 6.34. The number of unbranched alkanes of at least 4 members (excludes halogenated alkanes) is 1. The van der Waals surface area contributed by atoms with Crippen molar-refractivity contribution in [2.45, 2.75) is 77.6 Å². The van der Waals surface area contributed by atoms with Crippen LogP contribution in [0, 0.1) is 12.3 Å². The molecule has 0 fully saturated rings. The minimum atomic E-state index is -1.75. The molecule has 0 aliphatic heterocycles. The normalized spacial score (nSPS) is 16.6. The van der Waals surface area contributed by atoms with Crippen LogP contribution in [0.4, 0.5) is 0 Å². The molecule has 0 rings (SSSR count). The van der Waals surface area contributed by atoms with Gasteiger partial charge in [0.05, 0.1) is 0 Å². The van der Waals surface area contributed by atoms with Gasteiger partial charge in [-0.25, -0.2) is 0 Å². The number of hydrogen-bond donors (Lipinski definition) is 0. The minimum Gasteiger partial charge on any atom is -0.401 e. The van der Waals surface area contributed by atoms with Crippen molar-refractivity contribution in [3.63, 3.8) is 0 Å². The van der Waals surface area contributed by atoms with Gasteiger partial charge in [0.25, 0.3) is 0 Å². The lowest BCUT2D eigenvalue weighted by molar-refractivity contribution is 0.119. The van der Waals surface area contributed by atoms with E-state index in [-0.39, 0.29) is 10.6 Å². The second-order valence-electron chi connectivity index (χ2n) is 6.34. The van der Waals surface area contributed by atoms with Gasteiger partial charge in [-0.2, -0.15) is 0 Å². The second kappa shape index (κ2) is 5.38. The molecule has 0 heterocycles. The van der Waals surface area contributed by atoms with Gasteiger partial charge in [0, 0.05) is 0 Å². The lowest BCUT2D eigenvalue weighted by atomic mass is 10.0. The lowest BCUT2D eigenvalue weighted by Gasteiger charge is -2.42. The fraction of sp³-hybridized carbons (Fsp3) is 0.857. The summed E-state index contributed by atoms with van der Waals surface area (Å²) >= 11 is 0. The zero-order chi connectivity index (χ0) is 13.0. The summed E-state index contributed by atoms with van der Waals surface area (Å²) in [7, 11) is -1.75. The molecule has 2 heteroatoms. The van der Waals surface area contributed by atoms with E-state index >= 15 is 0 Å². The van der Waals surface area contributed by atoms with Crippen LogP contribution in [0.15, 0.2) is 0 Å². The molecule has 0 radical (unpaired) electrons. The Morgan fingerprint density at radius 1 is 1.19 bits per heavy atom. The van der Waals surface area contributed by atoms with Crippen LogP contribution in [0.1, 0.15) is 53.9 Å². The molecule has 0 saturated carbocycles. The van der Waals surface area contributed by atoms with Crippen LogP contribution in [-0.4, -0.2) is 13.9 Å². The molecule has 0 aliphatic rings. The van der Waals surface area contributed by atoms with E-state index in [1.165, 1.54) is 0 Å². The number of terminal acetylenes is 1. The molecule has 0 aliphatic carbocycles. The summed E-state index contributed by atoms with van der Waals surface area (Å²) in [5.41, 5.74) is -0.376. The maximum absolute atomic E-state index is 6.34. The predicted octanol–water partition coefficient (Wildman–Crippen LogP) is 4.59. The zero-order valence-corrected chi connectivity index (χ0v) is 13.1. The minimum absolute atomic E-state index is 0.220. The van der Waals surface area contributed by atoms with Gasteiger partial charge in [-0.1, -0.05) is 40.0 Å². The predicted molar refractivity (Wildman–Crippen MR) is 75.0 cm³/mol. The Hall–Kier alpha value is -0.263. The third kappa shape index (κ3) is 4.31. The Kier molecular flexibility index (Phi) is 5.29. The molecule has 0 aromatic rings. The van der Waals surface area contributed by atoms with Gasteiger partial charge in [0.15, 0.2) is 8.32 Å². The summed E-state index contributed by atoms with van der Waals surface area (Å²) in [6, 6.07) is 0. The van der Waals surface area contributed by atoms with Gasteiger partial charge in [-0.05, 0) is 37.9 Å². The quantitative estimate of drug-likeness (QED) is 0.504. The molecule has 0 bridgehead atoms. The smallest absolute Gasteiger partial charge is 0.194 e. The number of hydrogen-bond acceptors (Lipinski definition) is 1. The summed E-state index contributed by atoms with van der Waals surface area (Å²) in [6.07, 6.45) is 8.91. The van der Waals surface area contributed by atoms with Gasteiger partial charge in [-0.3, -0.25) is 0 Å². The van der Waals surface area contributed by atoms with Gasteiger partial charge >= 0.3 is 0 Å². The molecule has 0 aromatic carbocycles. The van der Waals surface area contributed by atoms with E-state index in [4.69, 9.17) is 10.8 Å². The Morgan fingerprint density at radius 2 is 1.69 bits per heavy atom. The highest BCUT2D eigenvalue weighted by Crippen LogP contribution is 2.39. The molecule has 0 N–H and O–H groups in total. The van der Waals surface area contributed by atoms with Gasteiger partial charge in [-0.15, -0.1) is 6.42 Å². The molecule has 1 atom stereocenters. The van der Waals surface area contributed by atoms with Crippen molar-refractivity contribution in [2.24, 2.45) is 0 Å². The van der Waals surface area contributed by atoms with Crippen molar-refractivity contribution in [3.8, 4) is 12.3 Å². The standard InChI is InChI=1S/C14H28OSi/c1-9-11-12-14(6,10-2)15-16(7,8)13(3,4)5/h2H,9,11-12H2,1,3-8H3/t14-/m0/s1. The van der Waals surface area contributed by atoms with Crippen molar-refractivity contribution in [1.82, 2.24) is 0 Å². The molecule has 0 aromatic heterocycles. The van der Waals surface area contributed by atoms with E-state index in [2.05, 4.69) is 53.6 Å². The summed E-state index contributed by atoms with van der Waals surface area (Å²) in [5, 5.41) is 0.220. The van der Waals surface area contributed by atoms with E-state index in [9.17, 15) is 0 Å². The Labute approximate surface area is 103 Å². The van der Waals surface area contributed by atoms with Crippen LogP contribution >= 0.6 is 0 Å². The van der Waals surface area contributed by atoms with Crippen molar-refractivity contribution in [1.29, 1.82) is 0 Å². The summed E-state index contributed by atoms with van der Waals surface area (Å²) in [4.78, 5) is 0. The van der Waals surface area contributed by atoms with E-state index in [1.54, 1.807) is 0 Å². The molecular weight excluding hydrogens is 212 g/mol. The van der Waals surface area contributed by atoms with E-state index < -0.39 is 8.32 Å². The lowest BCUT2D eigenvalue weighted by Crippen LogP contribution is -2.48. The average molecular weight is 240 g/mol.